The van der Waals surface area contributed by atoms with Crippen molar-refractivity contribution in [2.24, 2.45) is 0 Å². The number of nitrogens with zero attached hydrogens (tertiary/aromatic N) is 4. The number of nitrogens with one attached hydrogen (secondary N) is 1. The largest absolute Gasteiger partial charge is 0.462 e. The molecule has 0 unspecified atom stereocenters. The van der Waals surface area contributed by atoms with Crippen molar-refractivity contribution in [3.8, 4) is 0 Å². The van der Waals surface area contributed by atoms with Crippen molar-refractivity contribution in [2.75, 3.05) is 29.5 Å². The molecule has 2 amide bonds. The van der Waals surface area contributed by atoms with Crippen LogP contribution >= 0.6 is 0 Å². The molecule has 2 saturated heterocycles. The summed E-state index contributed by atoms with van der Waals surface area (Å²) in [4.78, 5) is 49.9. The molecule has 4 rings (SSSR count). The molecule has 33 heavy (non-hydrogen) atoms. The number of carbonyl (C=O) groups is 3. The number of aromatic nitrogens is 2. The molecule has 0 radical (unpaired) electrons. The molecular formula is C24H29N5O4. The zero-order valence-corrected chi connectivity index (χ0v) is 19.2. The summed E-state index contributed by atoms with van der Waals surface area (Å²) in [7, 11) is 0. The zero-order valence-electron chi connectivity index (χ0n) is 19.2. The standard InChI is InChI=1S/C24H29N5O4/c1-4-33-23(32)17-5-7-19(8-6-17)29-21(30)14-20(22(29)31)27-18-9-11-28(12-10-18)24-25-15(2)13-16(3)26-24/h5-8,13,18,20,27H,4,9-12,14H2,1-3H3/t20-/m0/s1. The van der Waals surface area contributed by atoms with Crippen molar-refractivity contribution in [3.05, 3.63) is 47.3 Å². The Morgan fingerprint density at radius 2 is 1.73 bits per heavy atom. The fraction of sp³-hybridized carbons (Fsp3) is 0.458. The summed E-state index contributed by atoms with van der Waals surface area (Å²) in [6.45, 7) is 7.52. The number of hydrogen-bond acceptors (Lipinski definition) is 8. The summed E-state index contributed by atoms with van der Waals surface area (Å²) in [5.41, 5.74) is 2.74. The highest BCUT2D eigenvalue weighted by molar-refractivity contribution is 6.22. The van der Waals surface area contributed by atoms with Crippen molar-refractivity contribution in [1.82, 2.24) is 15.3 Å². The molecule has 1 aromatic carbocycles. The van der Waals surface area contributed by atoms with Gasteiger partial charge in [0.1, 0.15) is 0 Å². The van der Waals surface area contributed by atoms with Gasteiger partial charge in [-0.25, -0.2) is 19.7 Å². The molecular weight excluding hydrogens is 422 g/mol. The van der Waals surface area contributed by atoms with Crippen LogP contribution in [0.2, 0.25) is 0 Å². The van der Waals surface area contributed by atoms with E-state index in [1.807, 2.05) is 19.9 Å². The second kappa shape index (κ2) is 9.66. The number of hydrogen-bond donors (Lipinski definition) is 1. The Labute approximate surface area is 193 Å². The van der Waals surface area contributed by atoms with Crippen LogP contribution < -0.4 is 15.1 Å². The highest BCUT2D eigenvalue weighted by atomic mass is 16.5. The average Bonchev–Trinajstić information content (AvgIpc) is 3.06. The maximum atomic E-state index is 13.0. The quantitative estimate of drug-likeness (QED) is 0.526. The third-order valence-electron chi connectivity index (χ3n) is 5.97. The number of piperidine rings is 1. The number of ether oxygens (including phenoxy) is 1. The number of carbonyl (C=O) groups excluding carboxylic acids is 3. The van der Waals surface area contributed by atoms with E-state index in [0.29, 0.717) is 11.3 Å². The van der Waals surface area contributed by atoms with Crippen LogP contribution in [-0.2, 0) is 14.3 Å². The minimum absolute atomic E-state index is 0.124. The highest BCUT2D eigenvalue weighted by Gasteiger charge is 2.40. The van der Waals surface area contributed by atoms with E-state index < -0.39 is 12.0 Å². The van der Waals surface area contributed by atoms with Crippen LogP contribution in [-0.4, -0.2) is 59.5 Å². The topological polar surface area (TPSA) is 105 Å². The summed E-state index contributed by atoms with van der Waals surface area (Å²) in [5.74, 6) is -0.192. The lowest BCUT2D eigenvalue weighted by Crippen LogP contribution is -2.49. The Morgan fingerprint density at radius 1 is 1.09 bits per heavy atom. The maximum Gasteiger partial charge on any atom is 0.338 e. The van der Waals surface area contributed by atoms with E-state index in [2.05, 4.69) is 20.2 Å². The molecule has 1 atom stereocenters. The SMILES string of the molecule is CCOC(=O)c1ccc(N2C(=O)C[C@H](NC3CCN(c4nc(C)cc(C)n4)CC3)C2=O)cc1. The van der Waals surface area contributed by atoms with E-state index in [1.165, 1.54) is 4.90 Å². The number of benzene rings is 1. The molecule has 2 fully saturated rings. The highest BCUT2D eigenvalue weighted by Crippen LogP contribution is 2.25. The van der Waals surface area contributed by atoms with E-state index in [0.717, 1.165) is 43.3 Å². The summed E-state index contributed by atoms with van der Waals surface area (Å²) in [5, 5.41) is 3.39. The Morgan fingerprint density at radius 3 is 2.33 bits per heavy atom. The van der Waals surface area contributed by atoms with E-state index in [9.17, 15) is 14.4 Å². The number of rotatable bonds is 6. The minimum Gasteiger partial charge on any atom is -0.462 e. The van der Waals surface area contributed by atoms with Gasteiger partial charge in [0.2, 0.25) is 11.9 Å². The molecule has 0 aliphatic carbocycles. The first kappa shape index (κ1) is 22.8. The van der Waals surface area contributed by atoms with E-state index >= 15 is 0 Å². The molecule has 3 heterocycles. The van der Waals surface area contributed by atoms with Crippen molar-refractivity contribution in [3.63, 3.8) is 0 Å². The lowest BCUT2D eigenvalue weighted by molar-refractivity contribution is -0.121. The Bertz CT molecular complexity index is 1030. The second-order valence-corrected chi connectivity index (χ2v) is 8.47. The lowest BCUT2D eigenvalue weighted by Gasteiger charge is -2.33. The van der Waals surface area contributed by atoms with Crippen LogP contribution in [0.3, 0.4) is 0 Å². The molecule has 2 aliphatic heterocycles. The molecule has 2 aromatic rings. The van der Waals surface area contributed by atoms with Gasteiger partial charge in [-0.15, -0.1) is 0 Å². The van der Waals surface area contributed by atoms with Crippen LogP contribution in [0.5, 0.6) is 0 Å². The van der Waals surface area contributed by atoms with Gasteiger partial charge in [0.25, 0.3) is 5.91 Å². The van der Waals surface area contributed by atoms with Gasteiger partial charge in [-0.3, -0.25) is 9.59 Å². The first-order valence-electron chi connectivity index (χ1n) is 11.3. The first-order chi connectivity index (χ1) is 15.9. The van der Waals surface area contributed by atoms with Crippen molar-refractivity contribution < 1.29 is 19.1 Å². The Balaban J connectivity index is 1.35. The van der Waals surface area contributed by atoms with Crippen LogP contribution in [0.1, 0.15) is 47.9 Å². The van der Waals surface area contributed by atoms with Gasteiger partial charge < -0.3 is 15.0 Å². The smallest absolute Gasteiger partial charge is 0.338 e. The minimum atomic E-state index is -0.545. The van der Waals surface area contributed by atoms with Crippen LogP contribution in [0, 0.1) is 13.8 Å². The number of amides is 2. The van der Waals surface area contributed by atoms with Gasteiger partial charge in [0.15, 0.2) is 0 Å². The summed E-state index contributed by atoms with van der Waals surface area (Å²) in [6, 6.07) is 7.89. The molecule has 2 aliphatic rings. The second-order valence-electron chi connectivity index (χ2n) is 8.47. The van der Waals surface area contributed by atoms with Crippen LogP contribution in [0.15, 0.2) is 30.3 Å². The van der Waals surface area contributed by atoms with Gasteiger partial charge in [0, 0.05) is 30.5 Å². The van der Waals surface area contributed by atoms with Crippen molar-refractivity contribution in [1.29, 1.82) is 0 Å². The molecule has 9 nitrogen and oxygen atoms in total. The monoisotopic (exact) mass is 451 g/mol. The summed E-state index contributed by atoms with van der Waals surface area (Å²) in [6.07, 6.45) is 1.80. The average molecular weight is 452 g/mol. The first-order valence-corrected chi connectivity index (χ1v) is 11.3. The van der Waals surface area contributed by atoms with Gasteiger partial charge in [-0.1, -0.05) is 0 Å². The molecule has 9 heteroatoms. The Kier molecular flexibility index (Phi) is 6.69. The number of esters is 1. The predicted octanol–water partition coefficient (Wildman–Crippen LogP) is 2.16. The van der Waals surface area contributed by atoms with Crippen molar-refractivity contribution in [2.45, 2.75) is 52.1 Å². The molecule has 1 N–H and O–H groups in total. The molecule has 1 aromatic heterocycles. The summed E-state index contributed by atoms with van der Waals surface area (Å²) < 4.78 is 4.98. The van der Waals surface area contributed by atoms with Crippen molar-refractivity contribution >= 4 is 29.4 Å². The fourth-order valence-corrected chi connectivity index (χ4v) is 4.37. The normalized spacial score (nSPS) is 19.3. The predicted molar refractivity (Wildman–Crippen MR) is 123 cm³/mol. The summed E-state index contributed by atoms with van der Waals surface area (Å²) >= 11 is 0. The van der Waals surface area contributed by atoms with E-state index in [-0.39, 0.29) is 30.9 Å². The van der Waals surface area contributed by atoms with Gasteiger partial charge in [-0.05, 0) is 63.9 Å². The van der Waals surface area contributed by atoms with Gasteiger partial charge in [-0.2, -0.15) is 0 Å². The lowest BCUT2D eigenvalue weighted by atomic mass is 10.0. The number of anilines is 2. The maximum absolute atomic E-state index is 13.0. The van der Waals surface area contributed by atoms with Crippen LogP contribution in [0.4, 0.5) is 11.6 Å². The number of imide groups is 1. The zero-order chi connectivity index (χ0) is 23.5. The molecule has 0 saturated carbocycles. The molecule has 0 bridgehead atoms. The third-order valence-corrected chi connectivity index (χ3v) is 5.97. The third kappa shape index (κ3) is 5.03. The molecule has 174 valence electrons. The van der Waals surface area contributed by atoms with Gasteiger partial charge >= 0.3 is 5.97 Å². The van der Waals surface area contributed by atoms with E-state index in [1.54, 1.807) is 31.2 Å². The van der Waals surface area contributed by atoms with Gasteiger partial charge in [0.05, 0.1) is 30.3 Å². The fourth-order valence-electron chi connectivity index (χ4n) is 4.37. The molecule has 0 spiro atoms. The Hall–Kier alpha value is -3.33. The van der Waals surface area contributed by atoms with E-state index in [4.69, 9.17) is 4.74 Å². The van der Waals surface area contributed by atoms with Crippen LogP contribution in [0.25, 0.3) is 0 Å². The number of aryl methyl sites for hydroxylation is 2.